The molecule has 0 spiro atoms. The van der Waals surface area contributed by atoms with Crippen LogP contribution in [0.15, 0.2) is 70.6 Å². The number of rotatable bonds is 5. The van der Waals surface area contributed by atoms with Crippen LogP contribution in [0.4, 0.5) is 5.69 Å². The van der Waals surface area contributed by atoms with Gasteiger partial charge in [-0.05, 0) is 31.5 Å². The Morgan fingerprint density at radius 3 is 2.62 bits per heavy atom. The van der Waals surface area contributed by atoms with E-state index in [0.29, 0.717) is 10.9 Å². The van der Waals surface area contributed by atoms with Crippen molar-refractivity contribution in [1.82, 2.24) is 9.97 Å². The number of hydrogen-bond acceptors (Lipinski definition) is 4. The Kier molecular flexibility index (Phi) is 5.53. The molecule has 0 radical (unpaired) electrons. The second-order valence-corrected chi connectivity index (χ2v) is 7.25. The molecule has 0 unspecified atom stereocenters. The third kappa shape index (κ3) is 4.61. The predicted octanol–water partition coefficient (Wildman–Crippen LogP) is 3.86. The van der Waals surface area contributed by atoms with Gasteiger partial charge in [0.25, 0.3) is 5.56 Å². The maximum Gasteiger partial charge on any atom is 0.252 e. The average molecular weight is 365 g/mol. The monoisotopic (exact) mass is 365 g/mol. The molecule has 0 aliphatic rings. The average Bonchev–Trinajstić information content (AvgIpc) is 2.62. The summed E-state index contributed by atoms with van der Waals surface area (Å²) in [5.41, 5.74) is 3.03. The first-order chi connectivity index (χ1) is 12.5. The lowest BCUT2D eigenvalue weighted by atomic mass is 10.1. The number of nitrogens with zero attached hydrogens (tertiary/aromatic N) is 1. The number of thioether (sulfide) groups is 1. The summed E-state index contributed by atoms with van der Waals surface area (Å²) in [6.07, 6.45) is 0. The first kappa shape index (κ1) is 17.9. The van der Waals surface area contributed by atoms with Gasteiger partial charge in [-0.2, -0.15) is 0 Å². The normalized spacial score (nSPS) is 11.8. The Balaban J connectivity index is 1.74. The van der Waals surface area contributed by atoms with Gasteiger partial charge < -0.3 is 10.3 Å². The third-order valence-electron chi connectivity index (χ3n) is 3.73. The number of carbonyl (C=O) groups is 1. The summed E-state index contributed by atoms with van der Waals surface area (Å²) in [4.78, 5) is 31.5. The number of aromatic nitrogens is 2. The van der Waals surface area contributed by atoms with Crippen LogP contribution in [0.5, 0.6) is 0 Å². The van der Waals surface area contributed by atoms with E-state index in [0.717, 1.165) is 16.8 Å². The van der Waals surface area contributed by atoms with Gasteiger partial charge in [0, 0.05) is 17.3 Å². The van der Waals surface area contributed by atoms with Crippen molar-refractivity contribution < 1.29 is 4.79 Å². The van der Waals surface area contributed by atoms with Crippen molar-refractivity contribution in [2.45, 2.75) is 24.3 Å². The molecular formula is C20H19N3O2S. The number of aryl methyl sites for hydroxylation is 1. The number of benzene rings is 2. The van der Waals surface area contributed by atoms with E-state index in [1.165, 1.54) is 17.8 Å². The van der Waals surface area contributed by atoms with Crippen molar-refractivity contribution in [3.8, 4) is 11.3 Å². The van der Waals surface area contributed by atoms with Crippen LogP contribution in [-0.2, 0) is 4.79 Å². The summed E-state index contributed by atoms with van der Waals surface area (Å²) in [5, 5.41) is 2.89. The molecule has 0 saturated heterocycles. The number of anilines is 1. The molecule has 0 bridgehead atoms. The fourth-order valence-corrected chi connectivity index (χ4v) is 3.25. The first-order valence-electron chi connectivity index (χ1n) is 8.22. The quantitative estimate of drug-likeness (QED) is 0.532. The largest absolute Gasteiger partial charge is 0.325 e. The summed E-state index contributed by atoms with van der Waals surface area (Å²) in [5.74, 6) is -0.145. The summed E-state index contributed by atoms with van der Waals surface area (Å²) < 4.78 is 0. The van der Waals surface area contributed by atoms with Crippen LogP contribution in [-0.4, -0.2) is 21.1 Å². The molecule has 2 aromatic carbocycles. The van der Waals surface area contributed by atoms with Gasteiger partial charge in [0.05, 0.1) is 10.9 Å². The van der Waals surface area contributed by atoms with Crippen molar-refractivity contribution >= 4 is 23.4 Å². The fraction of sp³-hybridized carbons (Fsp3) is 0.150. The third-order valence-corrected chi connectivity index (χ3v) is 4.72. The molecule has 3 rings (SSSR count). The van der Waals surface area contributed by atoms with Crippen LogP contribution in [0, 0.1) is 6.92 Å². The Morgan fingerprint density at radius 2 is 1.88 bits per heavy atom. The molecule has 1 amide bonds. The Morgan fingerprint density at radius 1 is 1.12 bits per heavy atom. The highest BCUT2D eigenvalue weighted by Crippen LogP contribution is 2.23. The highest BCUT2D eigenvalue weighted by molar-refractivity contribution is 8.00. The number of nitrogens with one attached hydrogen (secondary N) is 2. The zero-order valence-corrected chi connectivity index (χ0v) is 15.3. The summed E-state index contributed by atoms with van der Waals surface area (Å²) in [7, 11) is 0. The minimum Gasteiger partial charge on any atom is -0.325 e. The van der Waals surface area contributed by atoms with Crippen molar-refractivity contribution in [3.63, 3.8) is 0 Å². The maximum absolute atomic E-state index is 12.4. The van der Waals surface area contributed by atoms with E-state index in [2.05, 4.69) is 15.3 Å². The predicted molar refractivity (Wildman–Crippen MR) is 105 cm³/mol. The van der Waals surface area contributed by atoms with Crippen LogP contribution in [0.25, 0.3) is 11.3 Å². The Labute approximate surface area is 155 Å². The first-order valence-corrected chi connectivity index (χ1v) is 9.10. The molecule has 1 aromatic heterocycles. The Bertz CT molecular complexity index is 970. The van der Waals surface area contributed by atoms with Gasteiger partial charge in [-0.3, -0.25) is 9.59 Å². The molecule has 0 fully saturated rings. The molecule has 1 atom stereocenters. The van der Waals surface area contributed by atoms with Crippen LogP contribution in [0.2, 0.25) is 0 Å². The zero-order valence-electron chi connectivity index (χ0n) is 14.5. The molecule has 6 heteroatoms. The van der Waals surface area contributed by atoms with Crippen LogP contribution >= 0.6 is 11.8 Å². The van der Waals surface area contributed by atoms with E-state index in [1.54, 1.807) is 6.92 Å². The number of aromatic amines is 1. The van der Waals surface area contributed by atoms with E-state index >= 15 is 0 Å². The fourth-order valence-electron chi connectivity index (χ4n) is 2.44. The van der Waals surface area contributed by atoms with E-state index in [4.69, 9.17) is 0 Å². The highest BCUT2D eigenvalue weighted by atomic mass is 32.2. The second-order valence-electron chi connectivity index (χ2n) is 5.92. The smallest absolute Gasteiger partial charge is 0.252 e. The molecule has 132 valence electrons. The zero-order chi connectivity index (χ0) is 18.5. The topological polar surface area (TPSA) is 74.8 Å². The van der Waals surface area contributed by atoms with Gasteiger partial charge >= 0.3 is 0 Å². The van der Waals surface area contributed by atoms with E-state index in [-0.39, 0.29) is 11.5 Å². The second kappa shape index (κ2) is 8.01. The molecule has 3 aromatic rings. The molecule has 0 aliphatic heterocycles. The van der Waals surface area contributed by atoms with Crippen molar-refractivity contribution in [3.05, 3.63) is 76.6 Å². The minimum absolute atomic E-state index is 0.145. The molecular weight excluding hydrogens is 346 g/mol. The van der Waals surface area contributed by atoms with E-state index in [1.807, 2.05) is 61.5 Å². The van der Waals surface area contributed by atoms with Gasteiger partial charge in [0.2, 0.25) is 5.91 Å². The van der Waals surface area contributed by atoms with E-state index in [9.17, 15) is 9.59 Å². The van der Waals surface area contributed by atoms with Crippen molar-refractivity contribution in [1.29, 1.82) is 0 Å². The van der Waals surface area contributed by atoms with Gasteiger partial charge in [0.1, 0.15) is 0 Å². The maximum atomic E-state index is 12.4. The summed E-state index contributed by atoms with van der Waals surface area (Å²) in [6.45, 7) is 3.75. The van der Waals surface area contributed by atoms with Crippen LogP contribution < -0.4 is 10.9 Å². The standard InChI is InChI=1S/C20H19N3O2S/c1-13-7-6-10-16(11-13)21-19(25)14(2)26-20-22-17(12-18(24)23-20)15-8-4-3-5-9-15/h3-12,14H,1-2H3,(H,21,25)(H,22,23,24)/t14-/m0/s1. The van der Waals surface area contributed by atoms with Crippen LogP contribution in [0.1, 0.15) is 12.5 Å². The van der Waals surface area contributed by atoms with Gasteiger partial charge in [0.15, 0.2) is 5.16 Å². The lowest BCUT2D eigenvalue weighted by molar-refractivity contribution is -0.115. The number of H-pyrrole nitrogens is 1. The lowest BCUT2D eigenvalue weighted by Crippen LogP contribution is -2.23. The molecule has 5 nitrogen and oxygen atoms in total. The van der Waals surface area contributed by atoms with Crippen molar-refractivity contribution in [2.75, 3.05) is 5.32 Å². The lowest BCUT2D eigenvalue weighted by Gasteiger charge is -2.12. The highest BCUT2D eigenvalue weighted by Gasteiger charge is 2.17. The molecule has 0 saturated carbocycles. The van der Waals surface area contributed by atoms with Crippen molar-refractivity contribution in [2.24, 2.45) is 0 Å². The summed E-state index contributed by atoms with van der Waals surface area (Å²) >= 11 is 1.22. The molecule has 1 heterocycles. The molecule has 2 N–H and O–H groups in total. The molecule has 0 aliphatic carbocycles. The van der Waals surface area contributed by atoms with Gasteiger partial charge in [-0.1, -0.05) is 54.2 Å². The molecule has 26 heavy (non-hydrogen) atoms. The van der Waals surface area contributed by atoms with Gasteiger partial charge in [-0.15, -0.1) is 0 Å². The summed E-state index contributed by atoms with van der Waals surface area (Å²) in [6, 6.07) is 18.5. The minimum atomic E-state index is -0.412. The SMILES string of the molecule is Cc1cccc(NC(=O)[C@H](C)Sc2nc(-c3ccccc3)cc(=O)[nH]2)c1. The number of hydrogen-bond donors (Lipinski definition) is 2. The number of amides is 1. The van der Waals surface area contributed by atoms with Gasteiger partial charge in [-0.25, -0.2) is 4.98 Å². The van der Waals surface area contributed by atoms with Crippen LogP contribution in [0.3, 0.4) is 0 Å². The van der Waals surface area contributed by atoms with E-state index < -0.39 is 5.25 Å². The Hall–Kier alpha value is -2.86. The number of carbonyl (C=O) groups excluding carboxylic acids is 1.